The zero-order valence-electron chi connectivity index (χ0n) is 11.7. The highest BCUT2D eigenvalue weighted by Crippen LogP contribution is 2.28. The normalized spacial score (nSPS) is 10.5. The lowest BCUT2D eigenvalue weighted by Gasteiger charge is -2.10. The number of nitrogens with zero attached hydrogens (tertiary/aromatic N) is 1. The van der Waals surface area contributed by atoms with E-state index in [4.69, 9.17) is 15.0 Å². The molecule has 0 saturated carbocycles. The van der Waals surface area contributed by atoms with Crippen LogP contribution in [0.5, 0.6) is 5.75 Å². The second-order valence-corrected chi connectivity index (χ2v) is 4.87. The number of hydrogen-bond donors (Lipinski definition) is 1. The van der Waals surface area contributed by atoms with E-state index in [9.17, 15) is 0 Å². The van der Waals surface area contributed by atoms with Crippen molar-refractivity contribution in [3.63, 3.8) is 0 Å². The van der Waals surface area contributed by atoms with E-state index in [1.807, 2.05) is 55.5 Å². The number of rotatable bonds is 4. The molecule has 3 rings (SSSR count). The minimum atomic E-state index is 0.373. The van der Waals surface area contributed by atoms with Gasteiger partial charge < -0.3 is 15.0 Å². The van der Waals surface area contributed by atoms with Gasteiger partial charge >= 0.3 is 0 Å². The predicted octanol–water partition coefficient (Wildman–Crippen LogP) is 3.81. The third-order valence-electron chi connectivity index (χ3n) is 3.24. The maximum Gasteiger partial charge on any atom is 0.169 e. The predicted molar refractivity (Wildman–Crippen MR) is 81.9 cm³/mol. The third kappa shape index (κ3) is 3.05. The number of aryl methyl sites for hydroxylation is 1. The molecule has 0 amide bonds. The van der Waals surface area contributed by atoms with E-state index < -0.39 is 0 Å². The summed E-state index contributed by atoms with van der Waals surface area (Å²) in [6.07, 6.45) is 0. The number of nitrogens with two attached hydrogens (primary N) is 1. The highest BCUT2D eigenvalue weighted by molar-refractivity contribution is 5.63. The lowest BCUT2D eigenvalue weighted by molar-refractivity contribution is 0.304. The summed E-state index contributed by atoms with van der Waals surface area (Å²) in [6.45, 7) is 2.54. The molecule has 0 aliphatic heterocycles. The van der Waals surface area contributed by atoms with Crippen molar-refractivity contribution in [3.05, 3.63) is 65.7 Å². The number of aromatic nitrogens is 1. The SMILES string of the molecule is Cc1ccc(-c2cc(N)no2)cc1OCc1ccccc1. The summed E-state index contributed by atoms with van der Waals surface area (Å²) < 4.78 is 11.1. The average molecular weight is 280 g/mol. The van der Waals surface area contributed by atoms with Crippen LogP contribution < -0.4 is 10.5 Å². The molecular weight excluding hydrogens is 264 g/mol. The molecular formula is C17H16N2O2. The molecule has 0 saturated heterocycles. The third-order valence-corrected chi connectivity index (χ3v) is 3.24. The number of benzene rings is 2. The summed E-state index contributed by atoms with van der Waals surface area (Å²) in [6, 6.07) is 17.7. The Bertz CT molecular complexity index is 736. The second-order valence-electron chi connectivity index (χ2n) is 4.87. The van der Waals surface area contributed by atoms with Crippen LogP contribution in [0.1, 0.15) is 11.1 Å². The Morgan fingerprint density at radius 3 is 2.62 bits per heavy atom. The largest absolute Gasteiger partial charge is 0.489 e. The van der Waals surface area contributed by atoms with E-state index in [0.29, 0.717) is 18.2 Å². The number of anilines is 1. The van der Waals surface area contributed by atoms with E-state index in [-0.39, 0.29) is 0 Å². The van der Waals surface area contributed by atoms with Crippen LogP contribution in [0, 0.1) is 6.92 Å². The topological polar surface area (TPSA) is 61.3 Å². The first-order chi connectivity index (χ1) is 10.2. The fraction of sp³-hybridized carbons (Fsp3) is 0.118. The van der Waals surface area contributed by atoms with Gasteiger partial charge in [-0.2, -0.15) is 0 Å². The van der Waals surface area contributed by atoms with Crippen molar-refractivity contribution in [2.24, 2.45) is 0 Å². The monoisotopic (exact) mass is 280 g/mol. The lowest BCUT2D eigenvalue weighted by Crippen LogP contribution is -1.97. The summed E-state index contributed by atoms with van der Waals surface area (Å²) >= 11 is 0. The molecule has 2 N–H and O–H groups in total. The molecule has 0 fully saturated rings. The van der Waals surface area contributed by atoms with Gasteiger partial charge in [0.05, 0.1) is 0 Å². The molecule has 2 aromatic carbocycles. The Morgan fingerprint density at radius 1 is 1.10 bits per heavy atom. The fourth-order valence-corrected chi connectivity index (χ4v) is 2.07. The van der Waals surface area contributed by atoms with Crippen LogP contribution in [-0.2, 0) is 6.61 Å². The van der Waals surface area contributed by atoms with Crippen molar-refractivity contribution >= 4 is 5.82 Å². The molecule has 4 heteroatoms. The molecule has 0 atom stereocenters. The van der Waals surface area contributed by atoms with Gasteiger partial charge in [0.25, 0.3) is 0 Å². The van der Waals surface area contributed by atoms with E-state index >= 15 is 0 Å². The van der Waals surface area contributed by atoms with Crippen LogP contribution in [0.4, 0.5) is 5.82 Å². The molecule has 21 heavy (non-hydrogen) atoms. The summed E-state index contributed by atoms with van der Waals surface area (Å²) in [5.41, 5.74) is 8.68. The summed E-state index contributed by atoms with van der Waals surface area (Å²) in [4.78, 5) is 0. The van der Waals surface area contributed by atoms with Crippen molar-refractivity contribution in [2.75, 3.05) is 5.73 Å². The molecule has 1 heterocycles. The molecule has 0 radical (unpaired) electrons. The Morgan fingerprint density at radius 2 is 1.90 bits per heavy atom. The van der Waals surface area contributed by atoms with Crippen molar-refractivity contribution in [1.82, 2.24) is 5.16 Å². The van der Waals surface area contributed by atoms with E-state index in [2.05, 4.69) is 5.16 Å². The summed E-state index contributed by atoms with van der Waals surface area (Å²) in [5, 5.41) is 3.70. The Kier molecular flexibility index (Phi) is 3.60. The number of hydrogen-bond acceptors (Lipinski definition) is 4. The average Bonchev–Trinajstić information content (AvgIpc) is 2.94. The van der Waals surface area contributed by atoms with Crippen LogP contribution in [0.15, 0.2) is 59.1 Å². The van der Waals surface area contributed by atoms with Crippen LogP contribution in [0.25, 0.3) is 11.3 Å². The number of nitrogen functional groups attached to an aromatic ring is 1. The molecule has 106 valence electrons. The first kappa shape index (κ1) is 13.2. The molecule has 4 nitrogen and oxygen atoms in total. The van der Waals surface area contributed by atoms with E-state index in [1.165, 1.54) is 0 Å². The van der Waals surface area contributed by atoms with Gasteiger partial charge in [0.15, 0.2) is 11.6 Å². The van der Waals surface area contributed by atoms with Crippen LogP contribution in [0.3, 0.4) is 0 Å². The van der Waals surface area contributed by atoms with Gasteiger partial charge in [0.2, 0.25) is 0 Å². The highest BCUT2D eigenvalue weighted by Gasteiger charge is 2.08. The minimum absolute atomic E-state index is 0.373. The smallest absolute Gasteiger partial charge is 0.169 e. The van der Waals surface area contributed by atoms with Gasteiger partial charge in [0.1, 0.15) is 12.4 Å². The fourth-order valence-electron chi connectivity index (χ4n) is 2.07. The van der Waals surface area contributed by atoms with Crippen molar-refractivity contribution in [3.8, 4) is 17.1 Å². The van der Waals surface area contributed by atoms with Crippen LogP contribution >= 0.6 is 0 Å². The maximum atomic E-state index is 5.90. The van der Waals surface area contributed by atoms with Gasteiger partial charge in [-0.3, -0.25) is 0 Å². The van der Waals surface area contributed by atoms with Gasteiger partial charge in [-0.15, -0.1) is 0 Å². The van der Waals surface area contributed by atoms with E-state index in [1.54, 1.807) is 6.07 Å². The molecule has 0 aliphatic carbocycles. The van der Waals surface area contributed by atoms with Crippen molar-refractivity contribution in [1.29, 1.82) is 0 Å². The molecule has 0 unspecified atom stereocenters. The standard InChI is InChI=1S/C17H16N2O2/c1-12-7-8-14(16-10-17(18)19-21-16)9-15(12)20-11-13-5-3-2-4-6-13/h2-10H,11H2,1H3,(H2,18,19). The molecule has 0 aliphatic rings. The first-order valence-electron chi connectivity index (χ1n) is 6.72. The van der Waals surface area contributed by atoms with Crippen molar-refractivity contribution < 1.29 is 9.26 Å². The zero-order valence-corrected chi connectivity index (χ0v) is 11.7. The molecule has 0 spiro atoms. The quantitative estimate of drug-likeness (QED) is 0.789. The first-order valence-corrected chi connectivity index (χ1v) is 6.72. The van der Waals surface area contributed by atoms with Gasteiger partial charge in [-0.05, 0) is 24.1 Å². The van der Waals surface area contributed by atoms with Crippen molar-refractivity contribution in [2.45, 2.75) is 13.5 Å². The maximum absolute atomic E-state index is 5.90. The Balaban J connectivity index is 1.81. The van der Waals surface area contributed by atoms with Crippen LogP contribution in [0.2, 0.25) is 0 Å². The second kappa shape index (κ2) is 5.71. The Labute approximate surface area is 123 Å². The number of ether oxygens (including phenoxy) is 1. The highest BCUT2D eigenvalue weighted by atomic mass is 16.5. The summed E-state index contributed by atoms with van der Waals surface area (Å²) in [7, 11) is 0. The lowest BCUT2D eigenvalue weighted by atomic mass is 10.1. The van der Waals surface area contributed by atoms with Gasteiger partial charge in [-0.1, -0.05) is 47.6 Å². The molecule has 0 bridgehead atoms. The molecule has 3 aromatic rings. The van der Waals surface area contributed by atoms with Gasteiger partial charge in [0, 0.05) is 11.6 Å². The zero-order chi connectivity index (χ0) is 14.7. The van der Waals surface area contributed by atoms with Crippen LogP contribution in [-0.4, -0.2) is 5.16 Å². The van der Waals surface area contributed by atoms with Gasteiger partial charge in [-0.25, -0.2) is 0 Å². The van der Waals surface area contributed by atoms with E-state index in [0.717, 1.165) is 22.4 Å². The Hall–Kier alpha value is -2.75. The molecule has 1 aromatic heterocycles. The minimum Gasteiger partial charge on any atom is -0.489 e. The summed E-state index contributed by atoms with van der Waals surface area (Å²) in [5.74, 6) is 1.83.